The summed E-state index contributed by atoms with van der Waals surface area (Å²) in [4.78, 5) is 11.5. The quantitative estimate of drug-likeness (QED) is 0.842. The van der Waals surface area contributed by atoms with E-state index >= 15 is 0 Å². The Balaban J connectivity index is 2.68. The first-order valence-electron chi connectivity index (χ1n) is 5.94. The molecule has 1 amide bonds. The van der Waals surface area contributed by atoms with Gasteiger partial charge in [0.05, 0.1) is 4.47 Å². The minimum absolute atomic E-state index is 0.0123. The molecule has 0 heterocycles. The van der Waals surface area contributed by atoms with Crippen molar-refractivity contribution in [1.29, 1.82) is 0 Å². The van der Waals surface area contributed by atoms with E-state index in [4.69, 9.17) is 10.5 Å². The molecule has 1 rings (SSSR count). The number of hydrogen-bond acceptors (Lipinski definition) is 3. The average Bonchev–Trinajstić information content (AvgIpc) is 2.27. The summed E-state index contributed by atoms with van der Waals surface area (Å²) in [6.45, 7) is 4.38. The van der Waals surface area contributed by atoms with Gasteiger partial charge in [-0.1, -0.05) is 12.1 Å². The number of halogens is 1. The van der Waals surface area contributed by atoms with Crippen LogP contribution >= 0.6 is 15.9 Å². The maximum absolute atomic E-state index is 11.5. The molecule has 0 bridgehead atoms. The largest absolute Gasteiger partial charge is 0.482 e. The smallest absolute Gasteiger partial charge is 0.258 e. The molecule has 0 unspecified atom stereocenters. The zero-order valence-electron chi connectivity index (χ0n) is 10.7. The highest BCUT2D eigenvalue weighted by molar-refractivity contribution is 9.10. The lowest BCUT2D eigenvalue weighted by molar-refractivity contribution is -0.123. The van der Waals surface area contributed by atoms with Crippen molar-refractivity contribution in [3.63, 3.8) is 0 Å². The van der Waals surface area contributed by atoms with E-state index in [2.05, 4.69) is 21.2 Å². The SMILES string of the molecule is CC(C)NC(=O)COc1c(Br)cccc1CCN. The molecule has 0 fully saturated rings. The highest BCUT2D eigenvalue weighted by Gasteiger charge is 2.10. The summed E-state index contributed by atoms with van der Waals surface area (Å²) in [6, 6.07) is 5.88. The van der Waals surface area contributed by atoms with Gasteiger partial charge in [-0.2, -0.15) is 0 Å². The fourth-order valence-electron chi connectivity index (χ4n) is 1.57. The minimum atomic E-state index is -0.126. The van der Waals surface area contributed by atoms with Crippen LogP contribution in [0.1, 0.15) is 19.4 Å². The third-order valence-corrected chi connectivity index (χ3v) is 2.88. The number of nitrogens with two attached hydrogens (primary N) is 1. The number of benzene rings is 1. The Morgan fingerprint density at radius 1 is 1.50 bits per heavy atom. The van der Waals surface area contributed by atoms with Crippen molar-refractivity contribution < 1.29 is 9.53 Å². The van der Waals surface area contributed by atoms with Gasteiger partial charge in [-0.15, -0.1) is 0 Å². The van der Waals surface area contributed by atoms with Crippen molar-refractivity contribution in [3.8, 4) is 5.75 Å². The van der Waals surface area contributed by atoms with E-state index in [1.165, 1.54) is 0 Å². The predicted octanol–water partition coefficient (Wildman–Crippen LogP) is 1.85. The monoisotopic (exact) mass is 314 g/mol. The number of para-hydroxylation sites is 1. The second-order valence-electron chi connectivity index (χ2n) is 4.28. The number of rotatable bonds is 6. The van der Waals surface area contributed by atoms with Crippen LogP contribution in [0.2, 0.25) is 0 Å². The second kappa shape index (κ2) is 7.38. The van der Waals surface area contributed by atoms with Crippen LogP contribution in [0.4, 0.5) is 0 Å². The van der Waals surface area contributed by atoms with Gasteiger partial charge in [-0.25, -0.2) is 0 Å². The van der Waals surface area contributed by atoms with Gasteiger partial charge >= 0.3 is 0 Å². The highest BCUT2D eigenvalue weighted by atomic mass is 79.9. The molecule has 100 valence electrons. The normalized spacial score (nSPS) is 10.5. The topological polar surface area (TPSA) is 64.3 Å². The van der Waals surface area contributed by atoms with Gasteiger partial charge < -0.3 is 15.8 Å². The van der Waals surface area contributed by atoms with E-state index in [1.807, 2.05) is 32.0 Å². The van der Waals surface area contributed by atoms with Gasteiger partial charge in [0.25, 0.3) is 5.91 Å². The highest BCUT2D eigenvalue weighted by Crippen LogP contribution is 2.29. The molecule has 0 saturated heterocycles. The number of ether oxygens (including phenoxy) is 1. The summed E-state index contributed by atoms with van der Waals surface area (Å²) in [5.74, 6) is 0.571. The van der Waals surface area contributed by atoms with E-state index in [0.717, 1.165) is 16.5 Å². The lowest BCUT2D eigenvalue weighted by atomic mass is 10.1. The van der Waals surface area contributed by atoms with Crippen LogP contribution in [-0.4, -0.2) is 25.1 Å². The first-order chi connectivity index (χ1) is 8.54. The summed E-state index contributed by atoms with van der Waals surface area (Å²) in [6.07, 6.45) is 0.723. The fraction of sp³-hybridized carbons (Fsp3) is 0.462. The molecule has 0 saturated carbocycles. The molecular weight excluding hydrogens is 296 g/mol. The number of nitrogens with one attached hydrogen (secondary N) is 1. The Morgan fingerprint density at radius 3 is 2.83 bits per heavy atom. The first kappa shape index (κ1) is 15.0. The predicted molar refractivity (Wildman–Crippen MR) is 75.7 cm³/mol. The number of carbonyl (C=O) groups excluding carboxylic acids is 1. The van der Waals surface area contributed by atoms with Gasteiger partial charge in [-0.05, 0) is 54.4 Å². The standard InChI is InChI=1S/C13H19BrN2O2/c1-9(2)16-12(17)8-18-13-10(6-7-15)4-3-5-11(13)14/h3-5,9H,6-8,15H2,1-2H3,(H,16,17). The van der Waals surface area contributed by atoms with Crippen molar-refractivity contribution in [2.75, 3.05) is 13.2 Å². The molecule has 0 spiro atoms. The molecule has 0 aromatic heterocycles. The third-order valence-electron chi connectivity index (χ3n) is 2.26. The Morgan fingerprint density at radius 2 is 2.22 bits per heavy atom. The van der Waals surface area contributed by atoms with E-state index in [-0.39, 0.29) is 18.6 Å². The van der Waals surface area contributed by atoms with E-state index in [9.17, 15) is 4.79 Å². The van der Waals surface area contributed by atoms with Crippen LogP contribution in [-0.2, 0) is 11.2 Å². The second-order valence-corrected chi connectivity index (χ2v) is 5.13. The number of carbonyl (C=O) groups is 1. The van der Waals surface area contributed by atoms with Gasteiger partial charge in [0, 0.05) is 6.04 Å². The Labute approximate surface area is 116 Å². The van der Waals surface area contributed by atoms with Crippen LogP contribution in [0.3, 0.4) is 0 Å². The third kappa shape index (κ3) is 4.66. The molecule has 0 aliphatic rings. The first-order valence-corrected chi connectivity index (χ1v) is 6.73. The molecule has 0 aliphatic heterocycles. The molecule has 0 aliphatic carbocycles. The average molecular weight is 315 g/mol. The van der Waals surface area contributed by atoms with Crippen LogP contribution < -0.4 is 15.8 Å². The summed E-state index contributed by atoms with van der Waals surface area (Å²) < 4.78 is 6.41. The van der Waals surface area contributed by atoms with Crippen LogP contribution in [0.25, 0.3) is 0 Å². The van der Waals surface area contributed by atoms with Crippen LogP contribution in [0, 0.1) is 0 Å². The zero-order chi connectivity index (χ0) is 13.5. The van der Waals surface area contributed by atoms with Crippen molar-refractivity contribution in [3.05, 3.63) is 28.2 Å². The fourth-order valence-corrected chi connectivity index (χ4v) is 2.09. The van der Waals surface area contributed by atoms with Crippen molar-refractivity contribution in [2.24, 2.45) is 5.73 Å². The summed E-state index contributed by atoms with van der Waals surface area (Å²) in [5.41, 5.74) is 6.56. The number of hydrogen-bond donors (Lipinski definition) is 2. The van der Waals surface area contributed by atoms with E-state index in [0.29, 0.717) is 12.3 Å². The lowest BCUT2D eigenvalue weighted by Crippen LogP contribution is -2.34. The molecule has 0 radical (unpaired) electrons. The maximum Gasteiger partial charge on any atom is 0.258 e. The van der Waals surface area contributed by atoms with Gasteiger partial charge in [0.2, 0.25) is 0 Å². The molecule has 18 heavy (non-hydrogen) atoms. The molecule has 1 aromatic carbocycles. The van der Waals surface area contributed by atoms with E-state index < -0.39 is 0 Å². The number of amides is 1. The van der Waals surface area contributed by atoms with Gasteiger partial charge in [0.1, 0.15) is 5.75 Å². The minimum Gasteiger partial charge on any atom is -0.482 e. The molecule has 1 aromatic rings. The Hall–Kier alpha value is -1.07. The molecular formula is C13H19BrN2O2. The van der Waals surface area contributed by atoms with Crippen molar-refractivity contribution >= 4 is 21.8 Å². The molecule has 0 atom stereocenters. The molecule has 4 nitrogen and oxygen atoms in total. The Bertz CT molecular complexity index is 408. The summed E-state index contributed by atoms with van der Waals surface area (Å²) >= 11 is 3.42. The van der Waals surface area contributed by atoms with Crippen LogP contribution in [0.5, 0.6) is 5.75 Å². The zero-order valence-corrected chi connectivity index (χ0v) is 12.3. The van der Waals surface area contributed by atoms with Gasteiger partial charge in [0.15, 0.2) is 6.61 Å². The van der Waals surface area contributed by atoms with E-state index in [1.54, 1.807) is 0 Å². The molecule has 5 heteroatoms. The maximum atomic E-state index is 11.5. The summed E-state index contributed by atoms with van der Waals surface area (Å²) in [5, 5.41) is 2.78. The Kier molecular flexibility index (Phi) is 6.15. The van der Waals surface area contributed by atoms with Crippen molar-refractivity contribution in [2.45, 2.75) is 26.3 Å². The summed E-state index contributed by atoms with van der Waals surface area (Å²) in [7, 11) is 0. The van der Waals surface area contributed by atoms with Gasteiger partial charge in [-0.3, -0.25) is 4.79 Å². The molecule has 3 N–H and O–H groups in total. The van der Waals surface area contributed by atoms with Crippen molar-refractivity contribution in [1.82, 2.24) is 5.32 Å². The van der Waals surface area contributed by atoms with Crippen LogP contribution in [0.15, 0.2) is 22.7 Å². The lowest BCUT2D eigenvalue weighted by Gasteiger charge is -2.14.